The molecule has 1 nitrogen and oxygen atoms in total. The number of rotatable bonds is 2. The van der Waals surface area contributed by atoms with E-state index in [0.29, 0.717) is 6.04 Å². The first-order chi connectivity index (χ1) is 23.7. The van der Waals surface area contributed by atoms with Crippen LogP contribution in [-0.2, 0) is 0 Å². The fourth-order valence-electron chi connectivity index (χ4n) is 16.3. The van der Waals surface area contributed by atoms with Crippen molar-refractivity contribution in [3.63, 3.8) is 0 Å². The molecular weight excluding hydrogens is 579 g/mol. The van der Waals surface area contributed by atoms with E-state index in [-0.39, 0.29) is 0 Å². The number of nitrogens with one attached hydrogen (secondary N) is 1. The lowest BCUT2D eigenvalue weighted by Gasteiger charge is -2.57. The quantitative estimate of drug-likeness (QED) is 0.296. The zero-order chi connectivity index (χ0) is 31.7. The minimum absolute atomic E-state index is 0.600. The van der Waals surface area contributed by atoms with Crippen LogP contribution in [0.2, 0.25) is 0 Å². The van der Waals surface area contributed by atoms with Gasteiger partial charge >= 0.3 is 0 Å². The molecule has 0 saturated heterocycles. The van der Waals surface area contributed by atoms with Gasteiger partial charge in [-0.1, -0.05) is 75.3 Å². The van der Waals surface area contributed by atoms with Crippen molar-refractivity contribution >= 4 is 0 Å². The van der Waals surface area contributed by atoms with E-state index in [9.17, 15) is 0 Å². The molecule has 11 aliphatic rings. The summed E-state index contributed by atoms with van der Waals surface area (Å²) in [4.78, 5) is 0. The number of allylic oxidation sites excluding steroid dienone is 9. The van der Waals surface area contributed by atoms with Gasteiger partial charge in [-0.3, -0.25) is 0 Å². The molecule has 1 heteroatoms. The molecule has 13 unspecified atom stereocenters. The summed E-state index contributed by atoms with van der Waals surface area (Å²) in [7, 11) is 0. The summed E-state index contributed by atoms with van der Waals surface area (Å²) >= 11 is 0. The maximum Gasteiger partial charge on any atom is 0.0316 e. The lowest BCUT2D eigenvalue weighted by Crippen LogP contribution is -2.49. The topological polar surface area (TPSA) is 12.0 Å². The Kier molecular flexibility index (Phi) is 7.17. The molecule has 0 amide bonds. The van der Waals surface area contributed by atoms with E-state index in [0.717, 1.165) is 71.0 Å². The highest BCUT2D eigenvalue weighted by atomic mass is 14.9. The molecule has 1 fully saturated rings. The standard InChI is InChI=1S/C47H63N/c1-26-10-7-11-27(2)45(26)43-24-38-34-17-8-14-31-28-12-3-4-13-29(28)42(47(31)34)25-40(38)39-22-37-35-20-19-30(44-18-5-6-21-48-44)32-15-9-16-33(46(32)35)36(37)23-41(39)43/h5,10,18,27,30-31,33,35,38-45,48H,3-4,6-9,11-17,19-25H2,1-2H3. The second-order valence-corrected chi connectivity index (χ2v) is 19.3. The van der Waals surface area contributed by atoms with Crippen molar-refractivity contribution < 1.29 is 0 Å². The minimum atomic E-state index is 0.600. The Morgan fingerprint density at radius 1 is 0.583 bits per heavy atom. The average Bonchev–Trinajstić information content (AvgIpc) is 3.62. The third-order valence-electron chi connectivity index (χ3n) is 17.7. The normalized spacial score (nSPS) is 47.6. The van der Waals surface area contributed by atoms with E-state index in [4.69, 9.17) is 0 Å². The maximum atomic E-state index is 3.96. The van der Waals surface area contributed by atoms with E-state index < -0.39 is 0 Å². The molecule has 13 atom stereocenters. The van der Waals surface area contributed by atoms with Gasteiger partial charge in [0.05, 0.1) is 0 Å². The van der Waals surface area contributed by atoms with E-state index in [2.05, 4.69) is 54.1 Å². The van der Waals surface area contributed by atoms with Gasteiger partial charge in [-0.15, -0.1) is 0 Å². The number of hydrogen-bond donors (Lipinski definition) is 1. The van der Waals surface area contributed by atoms with Crippen LogP contribution in [0.15, 0.2) is 68.4 Å². The Hall–Kier alpha value is -1.60. The largest absolute Gasteiger partial charge is 0.310 e. The third kappa shape index (κ3) is 4.24. The van der Waals surface area contributed by atoms with Crippen LogP contribution in [-0.4, -0.2) is 12.6 Å². The fraction of sp³-hybridized carbons (Fsp3) is 0.745. The van der Waals surface area contributed by atoms with E-state index >= 15 is 0 Å². The summed E-state index contributed by atoms with van der Waals surface area (Å²) in [6, 6.07) is 0.600. The highest BCUT2D eigenvalue weighted by Crippen LogP contribution is 2.69. The molecule has 48 heavy (non-hydrogen) atoms. The van der Waals surface area contributed by atoms with E-state index in [1.807, 2.05) is 27.9 Å². The Bertz CT molecular complexity index is 1570. The Morgan fingerprint density at radius 2 is 1.25 bits per heavy atom. The van der Waals surface area contributed by atoms with Gasteiger partial charge in [0.15, 0.2) is 0 Å². The van der Waals surface area contributed by atoms with Crippen molar-refractivity contribution in [2.24, 2.45) is 71.0 Å². The van der Waals surface area contributed by atoms with Crippen molar-refractivity contribution in [1.82, 2.24) is 5.32 Å². The van der Waals surface area contributed by atoms with Gasteiger partial charge in [-0.05, 0) is 183 Å². The predicted molar refractivity (Wildman–Crippen MR) is 198 cm³/mol. The first-order valence-electron chi connectivity index (χ1n) is 21.6. The molecule has 1 heterocycles. The van der Waals surface area contributed by atoms with Crippen LogP contribution in [0, 0.1) is 71.0 Å². The molecule has 11 rings (SSSR count). The highest BCUT2D eigenvalue weighted by Gasteiger charge is 2.58. The summed E-state index contributed by atoms with van der Waals surface area (Å²) in [5.41, 5.74) is 18.0. The van der Waals surface area contributed by atoms with Crippen LogP contribution in [0.5, 0.6) is 0 Å². The Balaban J connectivity index is 1.01. The van der Waals surface area contributed by atoms with E-state index in [1.165, 1.54) is 116 Å². The zero-order valence-corrected chi connectivity index (χ0v) is 30.4. The highest BCUT2D eigenvalue weighted by molar-refractivity contribution is 5.51. The summed E-state index contributed by atoms with van der Waals surface area (Å²) in [6.07, 6.45) is 35.3. The van der Waals surface area contributed by atoms with Gasteiger partial charge < -0.3 is 5.32 Å². The molecule has 0 aromatic heterocycles. The van der Waals surface area contributed by atoms with Crippen molar-refractivity contribution in [3.05, 3.63) is 68.4 Å². The van der Waals surface area contributed by atoms with E-state index in [1.54, 1.807) is 18.4 Å². The van der Waals surface area contributed by atoms with Crippen molar-refractivity contribution in [3.8, 4) is 0 Å². The average molecular weight is 642 g/mol. The zero-order valence-electron chi connectivity index (χ0n) is 30.4. The van der Waals surface area contributed by atoms with Gasteiger partial charge in [-0.2, -0.15) is 0 Å². The molecule has 0 radical (unpaired) electrons. The first-order valence-corrected chi connectivity index (χ1v) is 21.6. The lowest BCUT2D eigenvalue weighted by molar-refractivity contribution is -0.00848. The SMILES string of the molecule is CC1=CCCC(C)C1C1CC2C3=C4C(CCC3)C3=C(CCCC3)C4CC2C2CC3=C(CC21)C1CCCC2=C1C3CCC2C1C=CCCN1. The maximum absolute atomic E-state index is 3.96. The summed E-state index contributed by atoms with van der Waals surface area (Å²) in [5, 5.41) is 3.96. The van der Waals surface area contributed by atoms with Crippen LogP contribution in [0.4, 0.5) is 0 Å². The van der Waals surface area contributed by atoms with Gasteiger partial charge in [0.25, 0.3) is 0 Å². The monoisotopic (exact) mass is 641 g/mol. The molecule has 0 aromatic carbocycles. The Morgan fingerprint density at radius 3 is 2.00 bits per heavy atom. The molecule has 10 aliphatic carbocycles. The van der Waals surface area contributed by atoms with Gasteiger partial charge in [-0.25, -0.2) is 0 Å². The number of hydrogen-bond acceptors (Lipinski definition) is 1. The van der Waals surface area contributed by atoms with Crippen molar-refractivity contribution in [2.45, 2.75) is 142 Å². The third-order valence-corrected chi connectivity index (χ3v) is 17.7. The summed E-state index contributed by atoms with van der Waals surface area (Å²) < 4.78 is 0. The number of fused-ring (bicyclic) bond motifs is 8. The molecule has 1 saturated carbocycles. The van der Waals surface area contributed by atoms with Gasteiger partial charge in [0, 0.05) is 29.7 Å². The second-order valence-electron chi connectivity index (χ2n) is 19.3. The predicted octanol–water partition coefficient (Wildman–Crippen LogP) is 11.6. The second kappa shape index (κ2) is 11.5. The smallest absolute Gasteiger partial charge is 0.0316 e. The molecule has 1 N–H and O–H groups in total. The summed E-state index contributed by atoms with van der Waals surface area (Å²) in [5.74, 6) is 10.6. The van der Waals surface area contributed by atoms with Crippen LogP contribution in [0.25, 0.3) is 0 Å². The first kappa shape index (κ1) is 30.1. The fourth-order valence-corrected chi connectivity index (χ4v) is 16.3. The van der Waals surface area contributed by atoms with Crippen LogP contribution >= 0.6 is 0 Å². The molecule has 0 aromatic rings. The van der Waals surface area contributed by atoms with Crippen LogP contribution in [0.1, 0.15) is 136 Å². The van der Waals surface area contributed by atoms with Crippen LogP contribution < -0.4 is 5.32 Å². The van der Waals surface area contributed by atoms with Crippen LogP contribution in [0.3, 0.4) is 0 Å². The molecular formula is C47H63N. The Labute approximate surface area is 292 Å². The molecule has 0 bridgehead atoms. The molecule has 1 aliphatic heterocycles. The van der Waals surface area contributed by atoms with Crippen molar-refractivity contribution in [2.75, 3.05) is 6.54 Å². The van der Waals surface area contributed by atoms with Gasteiger partial charge in [0.1, 0.15) is 0 Å². The molecule has 256 valence electrons. The lowest BCUT2D eigenvalue weighted by atomic mass is 9.47. The minimum Gasteiger partial charge on any atom is -0.310 e. The van der Waals surface area contributed by atoms with Crippen molar-refractivity contribution in [1.29, 1.82) is 0 Å². The molecule has 0 spiro atoms. The summed E-state index contributed by atoms with van der Waals surface area (Å²) in [6.45, 7) is 6.41. The van der Waals surface area contributed by atoms with Gasteiger partial charge in [0.2, 0.25) is 0 Å².